The van der Waals surface area contributed by atoms with Gasteiger partial charge in [0.1, 0.15) is 17.2 Å². The molecule has 3 rings (SSSR count). The van der Waals surface area contributed by atoms with Gasteiger partial charge in [0.25, 0.3) is 0 Å². The molecule has 3 amide bonds. The highest BCUT2D eigenvalue weighted by Gasteiger charge is 2.34. The van der Waals surface area contributed by atoms with Gasteiger partial charge in [-0.3, -0.25) is 14.4 Å². The van der Waals surface area contributed by atoms with Crippen LogP contribution >= 0.6 is 7.82 Å². The fourth-order valence-electron chi connectivity index (χ4n) is 4.56. The zero-order valence-corrected chi connectivity index (χ0v) is 28.2. The number of hydrogen-bond donors (Lipinski definition) is 3. The second kappa shape index (κ2) is 16.3. The monoisotopic (exact) mass is 671 g/mol. The Bertz CT molecular complexity index is 1420. The molecule has 0 aromatic heterocycles. The highest BCUT2D eigenvalue weighted by molar-refractivity contribution is 7.49. The first kappa shape index (κ1) is 36.9. The summed E-state index contributed by atoms with van der Waals surface area (Å²) < 4.78 is 32.3. The Balaban J connectivity index is 2.11. The SMILES string of the molecule is CN(C)N(C=O)c1ccc(OP(=O)(Oc2ccc(N(C=O)N(C)C)c(CN)c2)Oc2ccc(N(C=O)N(C)C)c(CN)c2)cc1CN. The molecule has 17 heteroatoms. The van der Waals surface area contributed by atoms with Gasteiger partial charge in [-0.1, -0.05) is 0 Å². The zero-order valence-electron chi connectivity index (χ0n) is 27.3. The maximum Gasteiger partial charge on any atom is 0.647 e. The molecule has 0 aliphatic heterocycles. The van der Waals surface area contributed by atoms with Crippen LogP contribution in [0.4, 0.5) is 17.1 Å². The smallest absolute Gasteiger partial charge is 0.386 e. The summed E-state index contributed by atoms with van der Waals surface area (Å²) in [6, 6.07) is 13.8. The molecule has 0 radical (unpaired) electrons. The number of hydrazine groups is 3. The zero-order chi connectivity index (χ0) is 34.9. The minimum atomic E-state index is -4.57. The molecule has 3 aromatic rings. The largest absolute Gasteiger partial charge is 0.647 e. The summed E-state index contributed by atoms with van der Waals surface area (Å²) in [4.78, 5) is 35.2. The van der Waals surface area contributed by atoms with Gasteiger partial charge in [0.05, 0.1) is 17.1 Å². The molecule has 0 saturated heterocycles. The molecular weight excluding hydrogens is 629 g/mol. The van der Waals surface area contributed by atoms with Crippen LogP contribution in [-0.2, 0) is 38.6 Å². The fraction of sp³-hybridized carbons (Fsp3) is 0.300. The van der Waals surface area contributed by atoms with Crippen molar-refractivity contribution in [3.63, 3.8) is 0 Å². The molecule has 0 bridgehead atoms. The van der Waals surface area contributed by atoms with E-state index < -0.39 is 7.82 Å². The van der Waals surface area contributed by atoms with Crippen molar-refractivity contribution in [2.24, 2.45) is 17.2 Å². The first-order valence-electron chi connectivity index (χ1n) is 14.3. The van der Waals surface area contributed by atoms with E-state index in [1.165, 1.54) is 51.4 Å². The second-order valence-corrected chi connectivity index (χ2v) is 12.0. The van der Waals surface area contributed by atoms with Crippen LogP contribution < -0.4 is 45.8 Å². The normalized spacial score (nSPS) is 11.4. The topological polar surface area (TPSA) is 193 Å². The summed E-state index contributed by atoms with van der Waals surface area (Å²) >= 11 is 0. The van der Waals surface area contributed by atoms with Gasteiger partial charge in [-0.2, -0.15) is 4.57 Å². The van der Waals surface area contributed by atoms with Crippen molar-refractivity contribution < 1.29 is 32.5 Å². The summed E-state index contributed by atoms with van der Waals surface area (Å²) in [7, 11) is 5.57. The van der Waals surface area contributed by atoms with Gasteiger partial charge in [0, 0.05) is 61.9 Å². The summed E-state index contributed by atoms with van der Waals surface area (Å²) in [6.45, 7) is 0.0762. The van der Waals surface area contributed by atoms with Gasteiger partial charge in [0.15, 0.2) is 0 Å². The molecule has 0 saturated carbocycles. The number of benzene rings is 3. The first-order chi connectivity index (χ1) is 22.3. The van der Waals surface area contributed by atoms with Crippen LogP contribution in [0.15, 0.2) is 54.6 Å². The van der Waals surface area contributed by atoms with Crippen molar-refractivity contribution in [3.05, 3.63) is 71.3 Å². The van der Waals surface area contributed by atoms with E-state index in [0.29, 0.717) is 53.0 Å². The van der Waals surface area contributed by atoms with Crippen molar-refractivity contribution in [2.75, 3.05) is 57.3 Å². The first-order valence-corrected chi connectivity index (χ1v) is 15.7. The molecule has 0 aliphatic rings. The molecule has 47 heavy (non-hydrogen) atoms. The highest BCUT2D eigenvalue weighted by atomic mass is 31.2. The lowest BCUT2D eigenvalue weighted by Gasteiger charge is -2.28. The molecular formula is C30H42N9O7P. The van der Waals surface area contributed by atoms with Crippen LogP contribution in [0.5, 0.6) is 17.2 Å². The number of carbonyl (C=O) groups excluding carboxylic acids is 3. The number of phosphoric ester groups is 1. The third kappa shape index (κ3) is 8.84. The third-order valence-electron chi connectivity index (χ3n) is 6.80. The van der Waals surface area contributed by atoms with E-state index in [1.54, 1.807) is 75.5 Å². The Morgan fingerprint density at radius 3 is 0.979 bits per heavy atom. The molecule has 16 nitrogen and oxygen atoms in total. The molecule has 0 spiro atoms. The number of anilines is 3. The van der Waals surface area contributed by atoms with E-state index in [0.717, 1.165) is 0 Å². The Morgan fingerprint density at radius 2 is 0.787 bits per heavy atom. The van der Waals surface area contributed by atoms with Crippen LogP contribution in [0.1, 0.15) is 16.7 Å². The van der Waals surface area contributed by atoms with Crippen LogP contribution in [0.3, 0.4) is 0 Å². The number of nitrogens with zero attached hydrogens (tertiary/aromatic N) is 6. The van der Waals surface area contributed by atoms with Crippen LogP contribution in [-0.4, -0.2) is 76.5 Å². The van der Waals surface area contributed by atoms with Crippen molar-refractivity contribution in [3.8, 4) is 17.2 Å². The predicted octanol–water partition coefficient (Wildman–Crippen LogP) is 2.03. The maximum atomic E-state index is 14.5. The quantitative estimate of drug-likeness (QED) is 0.101. The van der Waals surface area contributed by atoms with E-state index in [4.69, 9.17) is 30.8 Å². The van der Waals surface area contributed by atoms with Gasteiger partial charge in [-0.15, -0.1) is 0 Å². The lowest BCUT2D eigenvalue weighted by Crippen LogP contribution is -2.36. The lowest BCUT2D eigenvalue weighted by molar-refractivity contribution is -0.110. The standard InChI is InChI=1S/C30H42N9O7P/c1-34(2)37(19-40)28-10-7-25(13-22(28)16-31)44-47(43,45-26-8-11-29(23(14-26)17-32)38(20-41)35(3)4)46-27-9-12-30(24(15-27)18-33)39(21-42)36(5)6/h7-15,19-21H,16-18,31-33H2,1-6H3. The minimum absolute atomic E-state index is 0.0254. The van der Waals surface area contributed by atoms with Crippen LogP contribution in [0, 0.1) is 0 Å². The molecule has 0 fully saturated rings. The third-order valence-corrected chi connectivity index (χ3v) is 8.10. The van der Waals surface area contributed by atoms with E-state index in [9.17, 15) is 18.9 Å². The minimum Gasteiger partial charge on any atom is -0.386 e. The molecule has 0 atom stereocenters. The van der Waals surface area contributed by atoms with Crippen molar-refractivity contribution >= 4 is 44.1 Å². The van der Waals surface area contributed by atoms with Crippen LogP contribution in [0.25, 0.3) is 0 Å². The molecule has 3 aromatic carbocycles. The van der Waals surface area contributed by atoms with Gasteiger partial charge < -0.3 is 30.8 Å². The van der Waals surface area contributed by atoms with Gasteiger partial charge in [-0.05, 0) is 71.3 Å². The molecule has 254 valence electrons. The Morgan fingerprint density at radius 1 is 0.532 bits per heavy atom. The van der Waals surface area contributed by atoms with Crippen molar-refractivity contribution in [1.82, 2.24) is 15.0 Å². The average Bonchev–Trinajstić information content (AvgIpc) is 3.03. The lowest BCUT2D eigenvalue weighted by atomic mass is 10.1. The molecule has 0 heterocycles. The maximum absolute atomic E-state index is 14.5. The number of hydrogen-bond acceptors (Lipinski definition) is 13. The summed E-state index contributed by atoms with van der Waals surface area (Å²) in [6.07, 6.45) is 1.90. The predicted molar refractivity (Wildman–Crippen MR) is 179 cm³/mol. The average molecular weight is 672 g/mol. The van der Waals surface area contributed by atoms with E-state index >= 15 is 0 Å². The van der Waals surface area contributed by atoms with E-state index in [1.807, 2.05) is 0 Å². The Hall–Kier alpha value is -4.54. The van der Waals surface area contributed by atoms with E-state index in [-0.39, 0.29) is 36.9 Å². The number of nitrogens with two attached hydrogens (primary N) is 3. The van der Waals surface area contributed by atoms with E-state index in [2.05, 4.69) is 0 Å². The number of amides is 3. The number of rotatable bonds is 18. The molecule has 0 aliphatic carbocycles. The van der Waals surface area contributed by atoms with Crippen molar-refractivity contribution in [1.29, 1.82) is 0 Å². The fourth-order valence-corrected chi connectivity index (χ4v) is 5.79. The molecule has 6 N–H and O–H groups in total. The summed E-state index contributed by atoms with van der Waals surface area (Å²) in [5, 5.41) is 8.74. The second-order valence-electron chi connectivity index (χ2n) is 10.6. The Kier molecular flexibility index (Phi) is 12.8. The van der Waals surface area contributed by atoms with Crippen molar-refractivity contribution in [2.45, 2.75) is 19.6 Å². The highest BCUT2D eigenvalue weighted by Crippen LogP contribution is 2.51. The Labute approximate surface area is 274 Å². The molecule has 0 unspecified atom stereocenters. The van der Waals surface area contributed by atoms with Crippen LogP contribution in [0.2, 0.25) is 0 Å². The number of phosphoric acid groups is 1. The number of carbonyl (C=O) groups is 3. The van der Waals surface area contributed by atoms with Gasteiger partial charge in [0.2, 0.25) is 19.2 Å². The van der Waals surface area contributed by atoms with Gasteiger partial charge >= 0.3 is 7.82 Å². The summed E-state index contributed by atoms with van der Waals surface area (Å²) in [5.41, 5.74) is 21.0. The van der Waals surface area contributed by atoms with Gasteiger partial charge in [-0.25, -0.2) is 30.1 Å². The summed E-state index contributed by atoms with van der Waals surface area (Å²) in [5.74, 6) is 0.230.